The zero-order valence-corrected chi connectivity index (χ0v) is 18.7. The van der Waals surface area contributed by atoms with E-state index in [1.165, 1.54) is 11.8 Å². The molecule has 0 aliphatic heterocycles. The molecule has 1 rings (SSSR count). The SMILES string of the molecule is CN=C(NCCC(C)N(C)Cc1ccccc1)NCCS(C)(=O)=O.I. The first-order valence-electron chi connectivity index (χ1n) is 8.18. The Hall–Kier alpha value is -0.870. The minimum Gasteiger partial charge on any atom is -0.356 e. The molecule has 1 atom stereocenters. The fourth-order valence-corrected chi connectivity index (χ4v) is 2.70. The Morgan fingerprint density at radius 2 is 1.80 bits per heavy atom. The molecular weight excluding hydrogens is 451 g/mol. The third kappa shape index (κ3) is 11.4. The molecule has 0 aromatic heterocycles. The number of halogens is 1. The van der Waals surface area contributed by atoms with Crippen LogP contribution >= 0.6 is 24.0 Å². The Morgan fingerprint density at radius 3 is 2.36 bits per heavy atom. The molecular formula is C17H31IN4O2S. The Bertz CT molecular complexity index is 608. The lowest BCUT2D eigenvalue weighted by molar-refractivity contribution is 0.238. The van der Waals surface area contributed by atoms with Gasteiger partial charge in [-0.2, -0.15) is 0 Å². The second-order valence-corrected chi connectivity index (χ2v) is 8.35. The van der Waals surface area contributed by atoms with Crippen molar-refractivity contribution in [3.05, 3.63) is 35.9 Å². The Kier molecular flexibility index (Phi) is 12.0. The van der Waals surface area contributed by atoms with Crippen LogP contribution in [0.25, 0.3) is 0 Å². The first-order chi connectivity index (χ1) is 11.3. The molecule has 6 nitrogen and oxygen atoms in total. The maximum absolute atomic E-state index is 11.1. The molecule has 0 bridgehead atoms. The summed E-state index contributed by atoms with van der Waals surface area (Å²) in [4.78, 5) is 6.42. The number of nitrogens with one attached hydrogen (secondary N) is 2. The zero-order chi connectivity index (χ0) is 18.0. The number of hydrogen-bond donors (Lipinski definition) is 2. The van der Waals surface area contributed by atoms with Gasteiger partial charge in [0, 0.05) is 39.0 Å². The lowest BCUT2D eigenvalue weighted by Gasteiger charge is -2.25. The van der Waals surface area contributed by atoms with Gasteiger partial charge in [-0.15, -0.1) is 24.0 Å². The van der Waals surface area contributed by atoms with E-state index in [1.54, 1.807) is 7.05 Å². The van der Waals surface area contributed by atoms with E-state index in [0.717, 1.165) is 19.5 Å². The predicted molar refractivity (Wildman–Crippen MR) is 116 cm³/mol. The smallest absolute Gasteiger partial charge is 0.191 e. The topological polar surface area (TPSA) is 73.8 Å². The van der Waals surface area contributed by atoms with E-state index in [9.17, 15) is 8.42 Å². The van der Waals surface area contributed by atoms with E-state index in [1.807, 2.05) is 6.07 Å². The highest BCUT2D eigenvalue weighted by Gasteiger charge is 2.10. The van der Waals surface area contributed by atoms with Crippen molar-refractivity contribution in [3.8, 4) is 0 Å². The highest BCUT2D eigenvalue weighted by Crippen LogP contribution is 2.07. The van der Waals surface area contributed by atoms with E-state index in [2.05, 4.69) is 58.8 Å². The molecule has 1 unspecified atom stereocenters. The largest absolute Gasteiger partial charge is 0.356 e. The van der Waals surface area contributed by atoms with Crippen molar-refractivity contribution in [3.63, 3.8) is 0 Å². The molecule has 1 aromatic rings. The van der Waals surface area contributed by atoms with Crippen molar-refractivity contribution in [2.24, 2.45) is 4.99 Å². The molecule has 25 heavy (non-hydrogen) atoms. The summed E-state index contributed by atoms with van der Waals surface area (Å²) in [5.74, 6) is 0.737. The maximum Gasteiger partial charge on any atom is 0.191 e. The van der Waals surface area contributed by atoms with Crippen LogP contribution in [-0.4, -0.2) is 64.5 Å². The molecule has 0 aliphatic carbocycles. The fraction of sp³-hybridized carbons (Fsp3) is 0.588. The summed E-state index contributed by atoms with van der Waals surface area (Å²) >= 11 is 0. The Balaban J connectivity index is 0.00000576. The summed E-state index contributed by atoms with van der Waals surface area (Å²) in [5.41, 5.74) is 1.30. The number of nitrogens with zero attached hydrogens (tertiary/aromatic N) is 2. The molecule has 0 amide bonds. The van der Waals surface area contributed by atoms with Gasteiger partial charge in [-0.3, -0.25) is 9.89 Å². The van der Waals surface area contributed by atoms with Crippen LogP contribution in [0.4, 0.5) is 0 Å². The third-order valence-corrected chi connectivity index (χ3v) is 4.82. The highest BCUT2D eigenvalue weighted by molar-refractivity contribution is 14.0. The standard InChI is InChI=1S/C17H30N4O2S.HI/c1-15(21(3)14-16-8-6-5-7-9-16)10-11-19-17(18-2)20-12-13-24(4,22)23;/h5-9,15H,10-14H2,1-4H3,(H2,18,19,20);1H. The Labute approximate surface area is 169 Å². The average molecular weight is 482 g/mol. The van der Waals surface area contributed by atoms with Gasteiger partial charge in [0.1, 0.15) is 9.84 Å². The summed E-state index contributed by atoms with van der Waals surface area (Å²) in [6, 6.07) is 10.8. The van der Waals surface area contributed by atoms with Gasteiger partial charge in [0.15, 0.2) is 5.96 Å². The lowest BCUT2D eigenvalue weighted by Crippen LogP contribution is -2.41. The van der Waals surface area contributed by atoms with Gasteiger partial charge < -0.3 is 10.6 Å². The van der Waals surface area contributed by atoms with Crippen LogP contribution in [0.1, 0.15) is 18.9 Å². The molecule has 0 radical (unpaired) electrons. The number of aliphatic imine (C=N–C) groups is 1. The Morgan fingerprint density at radius 1 is 1.20 bits per heavy atom. The number of guanidine groups is 1. The van der Waals surface area contributed by atoms with Crippen molar-refractivity contribution < 1.29 is 8.42 Å². The van der Waals surface area contributed by atoms with Crippen molar-refractivity contribution in [1.82, 2.24) is 15.5 Å². The molecule has 0 saturated carbocycles. The zero-order valence-electron chi connectivity index (χ0n) is 15.5. The van der Waals surface area contributed by atoms with Crippen molar-refractivity contribution >= 4 is 39.8 Å². The van der Waals surface area contributed by atoms with Crippen LogP contribution in [-0.2, 0) is 16.4 Å². The molecule has 0 saturated heterocycles. The lowest BCUT2D eigenvalue weighted by atomic mass is 10.1. The third-order valence-electron chi connectivity index (χ3n) is 3.87. The number of benzene rings is 1. The van der Waals surface area contributed by atoms with Gasteiger partial charge in [-0.25, -0.2) is 8.42 Å². The van der Waals surface area contributed by atoms with Crippen molar-refractivity contribution in [2.75, 3.05) is 39.2 Å². The van der Waals surface area contributed by atoms with Crippen LogP contribution < -0.4 is 10.6 Å². The van der Waals surface area contributed by atoms with E-state index in [0.29, 0.717) is 18.5 Å². The molecule has 144 valence electrons. The summed E-state index contributed by atoms with van der Waals surface area (Å²) in [6.07, 6.45) is 2.20. The van der Waals surface area contributed by atoms with Gasteiger partial charge in [-0.05, 0) is 26.0 Å². The van der Waals surface area contributed by atoms with Crippen molar-refractivity contribution in [2.45, 2.75) is 25.9 Å². The van der Waals surface area contributed by atoms with Crippen LogP contribution in [0.2, 0.25) is 0 Å². The summed E-state index contributed by atoms with van der Waals surface area (Å²) < 4.78 is 22.2. The van der Waals surface area contributed by atoms with Gasteiger partial charge >= 0.3 is 0 Å². The minimum atomic E-state index is -2.95. The second-order valence-electron chi connectivity index (χ2n) is 6.09. The average Bonchev–Trinajstić information content (AvgIpc) is 2.53. The minimum absolute atomic E-state index is 0. The summed E-state index contributed by atoms with van der Waals surface area (Å²) in [6.45, 7) is 4.26. The number of sulfone groups is 1. The van der Waals surface area contributed by atoms with E-state index in [4.69, 9.17) is 0 Å². The molecule has 0 heterocycles. The summed E-state index contributed by atoms with van der Waals surface area (Å²) in [7, 11) is 0.848. The first-order valence-corrected chi connectivity index (χ1v) is 10.2. The van der Waals surface area contributed by atoms with Crippen LogP contribution in [0, 0.1) is 0 Å². The van der Waals surface area contributed by atoms with Gasteiger partial charge in [0.05, 0.1) is 5.75 Å². The summed E-state index contributed by atoms with van der Waals surface area (Å²) in [5, 5.41) is 6.24. The maximum atomic E-state index is 11.1. The fourth-order valence-electron chi connectivity index (χ4n) is 2.22. The highest BCUT2D eigenvalue weighted by atomic mass is 127. The van der Waals surface area contributed by atoms with E-state index in [-0.39, 0.29) is 29.7 Å². The van der Waals surface area contributed by atoms with Crippen LogP contribution in [0.15, 0.2) is 35.3 Å². The molecule has 8 heteroatoms. The monoisotopic (exact) mass is 482 g/mol. The van der Waals surface area contributed by atoms with Crippen molar-refractivity contribution in [1.29, 1.82) is 0 Å². The second kappa shape index (κ2) is 12.5. The van der Waals surface area contributed by atoms with Gasteiger partial charge in [0.2, 0.25) is 0 Å². The first kappa shape index (κ1) is 24.1. The quantitative estimate of drug-likeness (QED) is 0.319. The number of rotatable bonds is 9. The van der Waals surface area contributed by atoms with Gasteiger partial charge in [0.25, 0.3) is 0 Å². The predicted octanol–water partition coefficient (Wildman–Crippen LogP) is 1.72. The molecule has 0 spiro atoms. The van der Waals surface area contributed by atoms with Crippen LogP contribution in [0.3, 0.4) is 0 Å². The molecule has 2 N–H and O–H groups in total. The van der Waals surface area contributed by atoms with E-state index < -0.39 is 9.84 Å². The van der Waals surface area contributed by atoms with E-state index >= 15 is 0 Å². The normalized spacial score (nSPS) is 13.2. The molecule has 0 aliphatic rings. The molecule has 1 aromatic carbocycles. The van der Waals surface area contributed by atoms with Crippen LogP contribution in [0.5, 0.6) is 0 Å². The number of hydrogen-bond acceptors (Lipinski definition) is 4. The van der Waals surface area contributed by atoms with Gasteiger partial charge in [-0.1, -0.05) is 30.3 Å². The molecule has 0 fully saturated rings.